The summed E-state index contributed by atoms with van der Waals surface area (Å²) in [6.07, 6.45) is 5.57. The summed E-state index contributed by atoms with van der Waals surface area (Å²) in [4.78, 5) is 14.8. The molecule has 5 heteroatoms. The normalized spacial score (nSPS) is 19.8. The molecular formula is C16H22N4O. The summed E-state index contributed by atoms with van der Waals surface area (Å²) in [5.41, 5.74) is 1.58. The van der Waals surface area contributed by atoms with Gasteiger partial charge in [0.1, 0.15) is 0 Å². The molecule has 1 aromatic heterocycles. The van der Waals surface area contributed by atoms with Crippen molar-refractivity contribution in [3.8, 4) is 0 Å². The molecule has 21 heavy (non-hydrogen) atoms. The SMILES string of the molecule is C[C@H]1CCCCN1CCNC(=O)c1cccc2[nH]ncc12. The standard InChI is InChI=1S/C16H22N4O/c1-12-5-2-3-9-20(12)10-8-17-16(21)13-6-4-7-15-14(13)11-18-19-15/h4,6-7,11-12H,2-3,5,8-10H2,1H3,(H,17,21)(H,18,19)/t12-/m0/s1. The molecule has 1 aromatic carbocycles. The van der Waals surface area contributed by atoms with Gasteiger partial charge >= 0.3 is 0 Å². The monoisotopic (exact) mass is 286 g/mol. The number of nitrogens with one attached hydrogen (secondary N) is 2. The molecule has 0 bridgehead atoms. The number of carbonyl (C=O) groups excluding carboxylic acids is 1. The van der Waals surface area contributed by atoms with Gasteiger partial charge in [0.2, 0.25) is 0 Å². The van der Waals surface area contributed by atoms with Crippen LogP contribution in [0, 0.1) is 0 Å². The molecule has 1 fully saturated rings. The number of hydrogen-bond acceptors (Lipinski definition) is 3. The van der Waals surface area contributed by atoms with Crippen molar-refractivity contribution in [3.63, 3.8) is 0 Å². The van der Waals surface area contributed by atoms with Crippen LogP contribution in [0.1, 0.15) is 36.5 Å². The van der Waals surface area contributed by atoms with Crippen molar-refractivity contribution in [2.24, 2.45) is 0 Å². The summed E-state index contributed by atoms with van der Waals surface area (Å²) in [6.45, 7) is 5.03. The molecule has 1 aliphatic heterocycles. The van der Waals surface area contributed by atoms with E-state index >= 15 is 0 Å². The number of benzene rings is 1. The van der Waals surface area contributed by atoms with Crippen LogP contribution in [-0.4, -0.2) is 46.7 Å². The molecule has 1 atom stereocenters. The summed E-state index contributed by atoms with van der Waals surface area (Å²) in [5.74, 6) is -0.0216. The Hall–Kier alpha value is -1.88. The van der Waals surface area contributed by atoms with E-state index in [1.807, 2.05) is 18.2 Å². The number of aromatic amines is 1. The van der Waals surface area contributed by atoms with Crippen LogP contribution in [0.2, 0.25) is 0 Å². The molecule has 3 rings (SSSR count). The number of nitrogens with zero attached hydrogens (tertiary/aromatic N) is 2. The van der Waals surface area contributed by atoms with Crippen LogP contribution >= 0.6 is 0 Å². The minimum Gasteiger partial charge on any atom is -0.351 e. The molecule has 0 spiro atoms. The highest BCUT2D eigenvalue weighted by Gasteiger charge is 2.18. The number of piperidine rings is 1. The van der Waals surface area contributed by atoms with Gasteiger partial charge in [-0.15, -0.1) is 0 Å². The number of rotatable bonds is 4. The lowest BCUT2D eigenvalue weighted by Gasteiger charge is -2.33. The molecule has 0 radical (unpaired) electrons. The molecule has 112 valence electrons. The van der Waals surface area contributed by atoms with Gasteiger partial charge in [0.05, 0.1) is 17.3 Å². The molecule has 1 saturated heterocycles. The van der Waals surface area contributed by atoms with Crippen molar-refractivity contribution in [1.29, 1.82) is 0 Å². The zero-order valence-electron chi connectivity index (χ0n) is 12.4. The molecule has 1 aliphatic rings. The Morgan fingerprint density at radius 3 is 3.24 bits per heavy atom. The largest absolute Gasteiger partial charge is 0.351 e. The fourth-order valence-electron chi connectivity index (χ4n) is 3.06. The first kappa shape index (κ1) is 14.1. The second-order valence-corrected chi connectivity index (χ2v) is 5.77. The fraction of sp³-hybridized carbons (Fsp3) is 0.500. The van der Waals surface area contributed by atoms with Gasteiger partial charge in [-0.1, -0.05) is 12.5 Å². The van der Waals surface area contributed by atoms with E-state index in [4.69, 9.17) is 0 Å². The van der Waals surface area contributed by atoms with Crippen molar-refractivity contribution < 1.29 is 4.79 Å². The Bertz CT molecular complexity index is 622. The summed E-state index contributed by atoms with van der Waals surface area (Å²) in [7, 11) is 0. The average molecular weight is 286 g/mol. The molecular weight excluding hydrogens is 264 g/mol. The Morgan fingerprint density at radius 1 is 1.48 bits per heavy atom. The van der Waals surface area contributed by atoms with Crippen LogP contribution in [0.15, 0.2) is 24.4 Å². The minimum absolute atomic E-state index is 0.0216. The van der Waals surface area contributed by atoms with Crippen LogP contribution < -0.4 is 5.32 Å². The highest BCUT2D eigenvalue weighted by atomic mass is 16.1. The summed E-state index contributed by atoms with van der Waals surface area (Å²) < 4.78 is 0. The first-order valence-electron chi connectivity index (χ1n) is 7.70. The second-order valence-electron chi connectivity index (χ2n) is 5.77. The number of likely N-dealkylation sites (tertiary alicyclic amines) is 1. The zero-order valence-corrected chi connectivity index (χ0v) is 12.4. The Morgan fingerprint density at radius 2 is 2.38 bits per heavy atom. The van der Waals surface area contributed by atoms with Gasteiger partial charge < -0.3 is 5.32 Å². The second kappa shape index (κ2) is 6.26. The molecule has 0 unspecified atom stereocenters. The highest BCUT2D eigenvalue weighted by molar-refractivity contribution is 6.05. The van der Waals surface area contributed by atoms with Crippen LogP contribution in [0.4, 0.5) is 0 Å². The smallest absolute Gasteiger partial charge is 0.252 e. The first-order valence-corrected chi connectivity index (χ1v) is 7.70. The van der Waals surface area contributed by atoms with Crippen LogP contribution in [-0.2, 0) is 0 Å². The minimum atomic E-state index is -0.0216. The Balaban J connectivity index is 1.58. The molecule has 2 heterocycles. The van der Waals surface area contributed by atoms with E-state index in [0.29, 0.717) is 18.2 Å². The third-order valence-corrected chi connectivity index (χ3v) is 4.35. The number of H-pyrrole nitrogens is 1. The van der Waals surface area contributed by atoms with E-state index in [-0.39, 0.29) is 5.91 Å². The van der Waals surface area contributed by atoms with Crippen molar-refractivity contribution in [1.82, 2.24) is 20.4 Å². The van der Waals surface area contributed by atoms with E-state index in [0.717, 1.165) is 24.0 Å². The molecule has 2 N–H and O–H groups in total. The molecule has 0 saturated carbocycles. The quantitative estimate of drug-likeness (QED) is 0.905. The van der Waals surface area contributed by atoms with Crippen molar-refractivity contribution in [2.75, 3.05) is 19.6 Å². The third kappa shape index (κ3) is 3.08. The number of aromatic nitrogens is 2. The van der Waals surface area contributed by atoms with E-state index in [1.54, 1.807) is 6.20 Å². The lowest BCUT2D eigenvalue weighted by Crippen LogP contribution is -2.42. The summed E-state index contributed by atoms with van der Waals surface area (Å²) >= 11 is 0. The van der Waals surface area contributed by atoms with E-state index in [1.165, 1.54) is 19.3 Å². The van der Waals surface area contributed by atoms with Gasteiger partial charge in [0.15, 0.2) is 0 Å². The van der Waals surface area contributed by atoms with Gasteiger partial charge in [-0.05, 0) is 38.4 Å². The highest BCUT2D eigenvalue weighted by Crippen LogP contribution is 2.17. The van der Waals surface area contributed by atoms with Crippen LogP contribution in [0.3, 0.4) is 0 Å². The molecule has 5 nitrogen and oxygen atoms in total. The lowest BCUT2D eigenvalue weighted by atomic mass is 10.0. The predicted octanol–water partition coefficient (Wildman–Crippen LogP) is 2.17. The van der Waals surface area contributed by atoms with E-state index in [2.05, 4.69) is 27.3 Å². The van der Waals surface area contributed by atoms with Gasteiger partial charge in [0.25, 0.3) is 5.91 Å². The maximum atomic E-state index is 12.3. The van der Waals surface area contributed by atoms with Crippen molar-refractivity contribution in [3.05, 3.63) is 30.0 Å². The number of fused-ring (bicyclic) bond motifs is 1. The third-order valence-electron chi connectivity index (χ3n) is 4.35. The van der Waals surface area contributed by atoms with Crippen LogP contribution in [0.5, 0.6) is 0 Å². The first-order chi connectivity index (χ1) is 10.3. The maximum absolute atomic E-state index is 12.3. The Kier molecular flexibility index (Phi) is 4.20. The van der Waals surface area contributed by atoms with Gasteiger partial charge in [0, 0.05) is 24.5 Å². The zero-order chi connectivity index (χ0) is 14.7. The maximum Gasteiger partial charge on any atom is 0.252 e. The lowest BCUT2D eigenvalue weighted by molar-refractivity contribution is 0.0940. The Labute approximate surface area is 124 Å². The summed E-state index contributed by atoms with van der Waals surface area (Å²) in [5, 5.41) is 10.8. The molecule has 1 amide bonds. The van der Waals surface area contributed by atoms with Gasteiger partial charge in [-0.25, -0.2) is 0 Å². The summed E-state index contributed by atoms with van der Waals surface area (Å²) in [6, 6.07) is 6.28. The van der Waals surface area contributed by atoms with E-state index in [9.17, 15) is 4.79 Å². The predicted molar refractivity (Wildman–Crippen MR) is 83.3 cm³/mol. The average Bonchev–Trinajstić information content (AvgIpc) is 2.97. The fourth-order valence-corrected chi connectivity index (χ4v) is 3.06. The number of carbonyl (C=O) groups is 1. The van der Waals surface area contributed by atoms with E-state index < -0.39 is 0 Å². The van der Waals surface area contributed by atoms with Crippen molar-refractivity contribution in [2.45, 2.75) is 32.2 Å². The molecule has 0 aliphatic carbocycles. The van der Waals surface area contributed by atoms with Crippen LogP contribution in [0.25, 0.3) is 10.9 Å². The van der Waals surface area contributed by atoms with Crippen molar-refractivity contribution >= 4 is 16.8 Å². The number of hydrogen-bond donors (Lipinski definition) is 2. The number of amides is 1. The molecule has 2 aromatic rings. The van der Waals surface area contributed by atoms with Gasteiger partial charge in [-0.2, -0.15) is 5.10 Å². The topological polar surface area (TPSA) is 61.0 Å². The van der Waals surface area contributed by atoms with Gasteiger partial charge in [-0.3, -0.25) is 14.8 Å².